The molecule has 0 radical (unpaired) electrons. The summed E-state index contributed by atoms with van der Waals surface area (Å²) >= 11 is 1.46. The lowest BCUT2D eigenvalue weighted by Crippen LogP contribution is -2.41. The van der Waals surface area contributed by atoms with Gasteiger partial charge in [-0.15, -0.1) is 11.3 Å². The molecule has 0 spiro atoms. The van der Waals surface area contributed by atoms with Crippen molar-refractivity contribution in [1.29, 1.82) is 0 Å². The molecule has 0 saturated carbocycles. The second-order valence-corrected chi connectivity index (χ2v) is 8.22. The number of thiophene rings is 1. The predicted molar refractivity (Wildman–Crippen MR) is 104 cm³/mol. The number of ether oxygens (including phenoxy) is 1. The Morgan fingerprint density at radius 1 is 1.22 bits per heavy atom. The molecule has 1 aliphatic heterocycles. The normalized spacial score (nSPS) is 16.2. The fourth-order valence-electron chi connectivity index (χ4n) is 3.35. The topological polar surface area (TPSA) is 81.5 Å². The maximum absolute atomic E-state index is 12.6. The van der Waals surface area contributed by atoms with Crippen LogP contribution in [0.2, 0.25) is 0 Å². The van der Waals surface area contributed by atoms with Crippen molar-refractivity contribution in [2.75, 3.05) is 13.1 Å². The number of aromatic nitrogens is 2. The highest BCUT2D eigenvalue weighted by Crippen LogP contribution is 2.25. The van der Waals surface area contributed by atoms with Gasteiger partial charge >= 0.3 is 5.97 Å². The van der Waals surface area contributed by atoms with Crippen LogP contribution in [0.5, 0.6) is 0 Å². The number of carbonyl (C=O) groups is 2. The molecule has 2 aromatic rings. The third-order valence-corrected chi connectivity index (χ3v) is 6.14. The zero-order valence-corrected chi connectivity index (χ0v) is 16.8. The Balaban J connectivity index is 1.67. The molecule has 0 aliphatic carbocycles. The fourth-order valence-corrected chi connectivity index (χ4v) is 4.34. The Hall–Kier alpha value is -2.22. The van der Waals surface area contributed by atoms with Crippen LogP contribution in [0.15, 0.2) is 11.1 Å². The van der Waals surface area contributed by atoms with Crippen molar-refractivity contribution in [2.24, 2.45) is 0 Å². The predicted octanol–water partition coefficient (Wildman–Crippen LogP) is 2.41. The molecule has 3 heterocycles. The van der Waals surface area contributed by atoms with E-state index in [0.717, 1.165) is 36.1 Å². The fraction of sp³-hybridized carbons (Fsp3) is 0.579. The molecule has 1 amide bonds. The zero-order chi connectivity index (χ0) is 19.6. The number of hydrogen-bond donors (Lipinski definition) is 0. The SMILES string of the molecule is Cc1sc2ncn(CC(=O)O[C@@H](C)C(=O)N3CCCCCC3)c(=O)c2c1C. The summed E-state index contributed by atoms with van der Waals surface area (Å²) < 4.78 is 6.54. The summed E-state index contributed by atoms with van der Waals surface area (Å²) in [5.41, 5.74) is 0.630. The highest BCUT2D eigenvalue weighted by Gasteiger charge is 2.25. The van der Waals surface area contributed by atoms with Gasteiger partial charge in [0.25, 0.3) is 11.5 Å². The first-order valence-electron chi connectivity index (χ1n) is 9.32. The highest BCUT2D eigenvalue weighted by atomic mass is 32.1. The van der Waals surface area contributed by atoms with Crippen LogP contribution < -0.4 is 5.56 Å². The average molecular weight is 391 g/mol. The smallest absolute Gasteiger partial charge is 0.326 e. The van der Waals surface area contributed by atoms with Crippen LogP contribution in [0.1, 0.15) is 43.0 Å². The Bertz CT molecular complexity index is 910. The van der Waals surface area contributed by atoms with E-state index in [1.807, 2.05) is 13.8 Å². The van der Waals surface area contributed by atoms with Crippen molar-refractivity contribution < 1.29 is 14.3 Å². The summed E-state index contributed by atoms with van der Waals surface area (Å²) in [6.07, 6.45) is 4.71. The summed E-state index contributed by atoms with van der Waals surface area (Å²) in [7, 11) is 0. The first-order valence-corrected chi connectivity index (χ1v) is 10.1. The van der Waals surface area contributed by atoms with E-state index in [2.05, 4.69) is 4.98 Å². The number of carbonyl (C=O) groups excluding carboxylic acids is 2. The maximum atomic E-state index is 12.6. The van der Waals surface area contributed by atoms with E-state index < -0.39 is 12.1 Å². The van der Waals surface area contributed by atoms with Crippen molar-refractivity contribution in [3.8, 4) is 0 Å². The molecule has 1 aliphatic rings. The number of hydrogen-bond acceptors (Lipinski definition) is 6. The second-order valence-electron chi connectivity index (χ2n) is 7.01. The Morgan fingerprint density at radius 2 is 1.89 bits per heavy atom. The first-order chi connectivity index (χ1) is 12.9. The van der Waals surface area contributed by atoms with E-state index >= 15 is 0 Å². The van der Waals surface area contributed by atoms with E-state index in [1.165, 1.54) is 22.2 Å². The van der Waals surface area contributed by atoms with E-state index in [-0.39, 0.29) is 18.0 Å². The molecule has 0 unspecified atom stereocenters. The van der Waals surface area contributed by atoms with Gasteiger partial charge in [-0.05, 0) is 39.2 Å². The number of esters is 1. The van der Waals surface area contributed by atoms with Crippen LogP contribution in [0, 0.1) is 13.8 Å². The van der Waals surface area contributed by atoms with E-state index in [1.54, 1.807) is 11.8 Å². The number of fused-ring (bicyclic) bond motifs is 1. The molecule has 3 rings (SSSR count). The molecule has 1 saturated heterocycles. The lowest BCUT2D eigenvalue weighted by molar-refractivity contribution is -0.159. The highest BCUT2D eigenvalue weighted by molar-refractivity contribution is 7.18. The summed E-state index contributed by atoms with van der Waals surface area (Å²) in [4.78, 5) is 45.2. The largest absolute Gasteiger partial charge is 0.451 e. The van der Waals surface area contributed by atoms with Crippen molar-refractivity contribution in [3.05, 3.63) is 27.1 Å². The number of rotatable bonds is 4. The van der Waals surface area contributed by atoms with Crippen molar-refractivity contribution >= 4 is 33.4 Å². The summed E-state index contributed by atoms with van der Waals surface area (Å²) in [5, 5.41) is 0.543. The number of aryl methyl sites for hydroxylation is 2. The first kappa shape index (κ1) is 19.5. The zero-order valence-electron chi connectivity index (χ0n) is 16.0. The summed E-state index contributed by atoms with van der Waals surface area (Å²) in [6.45, 7) is 6.56. The monoisotopic (exact) mass is 391 g/mol. The van der Waals surface area contributed by atoms with Gasteiger partial charge < -0.3 is 9.64 Å². The molecular formula is C19H25N3O4S. The van der Waals surface area contributed by atoms with Gasteiger partial charge in [0.1, 0.15) is 11.4 Å². The molecule has 0 bridgehead atoms. The Morgan fingerprint density at radius 3 is 2.56 bits per heavy atom. The van der Waals surface area contributed by atoms with Crippen LogP contribution in [0.25, 0.3) is 10.2 Å². The minimum Gasteiger partial charge on any atom is -0.451 e. The number of amides is 1. The van der Waals surface area contributed by atoms with Crippen LogP contribution in [-0.2, 0) is 20.9 Å². The molecule has 8 heteroatoms. The van der Waals surface area contributed by atoms with Crippen molar-refractivity contribution in [1.82, 2.24) is 14.5 Å². The standard InChI is InChI=1S/C19H25N3O4S/c1-12-14(3)27-17-16(12)19(25)22(11-20-17)10-15(23)26-13(2)18(24)21-8-6-4-5-7-9-21/h11,13H,4-10H2,1-3H3/t13-/m0/s1. The van der Waals surface area contributed by atoms with Gasteiger partial charge in [0.2, 0.25) is 0 Å². The Kier molecular flexibility index (Phi) is 5.94. The summed E-state index contributed by atoms with van der Waals surface area (Å²) in [5.74, 6) is -0.783. The van der Waals surface area contributed by atoms with Gasteiger partial charge in [0, 0.05) is 18.0 Å². The van der Waals surface area contributed by atoms with E-state index in [9.17, 15) is 14.4 Å². The molecule has 27 heavy (non-hydrogen) atoms. The quantitative estimate of drug-likeness (QED) is 0.748. The van der Waals surface area contributed by atoms with Crippen molar-refractivity contribution in [3.63, 3.8) is 0 Å². The van der Waals surface area contributed by atoms with Crippen LogP contribution in [0.3, 0.4) is 0 Å². The second kappa shape index (κ2) is 8.21. The Labute approximate surface area is 161 Å². The van der Waals surface area contributed by atoms with Gasteiger partial charge in [0.15, 0.2) is 6.10 Å². The van der Waals surface area contributed by atoms with Gasteiger partial charge in [-0.3, -0.25) is 19.0 Å². The molecule has 1 atom stereocenters. The number of likely N-dealkylation sites (tertiary alicyclic amines) is 1. The van der Waals surface area contributed by atoms with Crippen LogP contribution in [-0.4, -0.2) is 45.5 Å². The molecule has 2 aromatic heterocycles. The van der Waals surface area contributed by atoms with Crippen molar-refractivity contribution in [2.45, 2.75) is 59.1 Å². The minimum absolute atomic E-state index is 0.171. The minimum atomic E-state index is -0.854. The third-order valence-electron chi connectivity index (χ3n) is 5.03. The van der Waals surface area contributed by atoms with Gasteiger partial charge in [-0.25, -0.2) is 4.98 Å². The van der Waals surface area contributed by atoms with E-state index in [0.29, 0.717) is 23.3 Å². The maximum Gasteiger partial charge on any atom is 0.326 e. The van der Waals surface area contributed by atoms with E-state index in [4.69, 9.17) is 4.74 Å². The molecule has 1 fully saturated rings. The average Bonchev–Trinajstić information content (AvgIpc) is 2.82. The van der Waals surface area contributed by atoms with Crippen LogP contribution in [0.4, 0.5) is 0 Å². The number of nitrogens with zero attached hydrogens (tertiary/aromatic N) is 3. The van der Waals surface area contributed by atoms with Crippen LogP contribution >= 0.6 is 11.3 Å². The molecule has 7 nitrogen and oxygen atoms in total. The van der Waals surface area contributed by atoms with Gasteiger partial charge in [0.05, 0.1) is 11.7 Å². The summed E-state index contributed by atoms with van der Waals surface area (Å²) in [6, 6.07) is 0. The van der Waals surface area contributed by atoms with Gasteiger partial charge in [-0.1, -0.05) is 12.8 Å². The lowest BCUT2D eigenvalue weighted by atomic mass is 10.2. The lowest BCUT2D eigenvalue weighted by Gasteiger charge is -2.24. The third kappa shape index (κ3) is 4.21. The molecule has 146 valence electrons. The molecular weight excluding hydrogens is 366 g/mol. The van der Waals surface area contributed by atoms with Gasteiger partial charge in [-0.2, -0.15) is 0 Å². The molecule has 0 aromatic carbocycles. The molecule has 0 N–H and O–H groups in total.